The molecular formula is C18H19N5O2. The predicted octanol–water partition coefficient (Wildman–Crippen LogP) is 1.09. The number of piperazine rings is 1. The van der Waals surface area contributed by atoms with Gasteiger partial charge in [-0.15, -0.1) is 0 Å². The van der Waals surface area contributed by atoms with Crippen LogP contribution in [-0.4, -0.2) is 59.4 Å². The Balaban J connectivity index is 1.44. The Labute approximate surface area is 145 Å². The number of anilines is 2. The molecule has 0 N–H and O–H groups in total. The topological polar surface area (TPSA) is 69.6 Å². The number of hydrogen-bond acceptors (Lipinski definition) is 6. The maximum Gasteiger partial charge on any atom is 0.300 e. The first-order valence-corrected chi connectivity index (χ1v) is 8.34. The molecule has 1 amide bonds. The Kier molecular flexibility index (Phi) is 3.93. The number of benzene rings is 1. The molecule has 0 bridgehead atoms. The van der Waals surface area contributed by atoms with Crippen LogP contribution in [-0.2, 0) is 4.79 Å². The second-order valence-corrected chi connectivity index (χ2v) is 6.38. The van der Waals surface area contributed by atoms with E-state index in [1.54, 1.807) is 29.4 Å². The van der Waals surface area contributed by atoms with Crippen LogP contribution in [0.2, 0.25) is 0 Å². The van der Waals surface area contributed by atoms with Crippen molar-refractivity contribution in [1.29, 1.82) is 0 Å². The van der Waals surface area contributed by atoms with Crippen LogP contribution < -0.4 is 9.80 Å². The van der Waals surface area contributed by atoms with E-state index in [4.69, 9.17) is 0 Å². The van der Waals surface area contributed by atoms with Crippen LogP contribution in [0.15, 0.2) is 36.7 Å². The van der Waals surface area contributed by atoms with E-state index in [9.17, 15) is 9.59 Å². The van der Waals surface area contributed by atoms with Gasteiger partial charge in [0.15, 0.2) is 0 Å². The third-order valence-electron chi connectivity index (χ3n) is 4.68. The van der Waals surface area contributed by atoms with Crippen LogP contribution >= 0.6 is 0 Å². The van der Waals surface area contributed by atoms with E-state index in [0.29, 0.717) is 12.2 Å². The fourth-order valence-corrected chi connectivity index (χ4v) is 3.30. The number of amides is 1. The number of aromatic nitrogens is 2. The van der Waals surface area contributed by atoms with Crippen LogP contribution in [0, 0.1) is 6.92 Å². The minimum atomic E-state index is -0.436. The molecule has 0 unspecified atom stereocenters. The molecule has 1 aromatic carbocycles. The molecular weight excluding hydrogens is 318 g/mol. The molecule has 4 rings (SSSR count). The highest BCUT2D eigenvalue weighted by atomic mass is 16.2. The Morgan fingerprint density at radius 3 is 2.48 bits per heavy atom. The standard InChI is InChI=1S/C18H19N5O2/c1-13-3-4-15-14(11-13)16(24)17(25)23(15)12-21-7-9-22(10-8-21)18-19-5-2-6-20-18/h2-6,11H,7-10,12H2,1H3. The number of carbonyl (C=O) groups excluding carboxylic acids is 2. The number of Topliss-reactive ketones (excluding diaryl/α,β-unsaturated/α-hetero) is 1. The van der Waals surface area contributed by atoms with Crippen molar-refractivity contribution in [1.82, 2.24) is 14.9 Å². The molecule has 0 atom stereocenters. The summed E-state index contributed by atoms with van der Waals surface area (Å²) in [6, 6.07) is 7.39. The number of carbonyl (C=O) groups is 2. The molecule has 7 heteroatoms. The summed E-state index contributed by atoms with van der Waals surface area (Å²) < 4.78 is 0. The van der Waals surface area contributed by atoms with Gasteiger partial charge in [0.2, 0.25) is 5.95 Å². The van der Waals surface area contributed by atoms with E-state index in [1.165, 1.54) is 0 Å². The third kappa shape index (κ3) is 2.87. The smallest absolute Gasteiger partial charge is 0.300 e. The van der Waals surface area contributed by atoms with E-state index in [-0.39, 0.29) is 0 Å². The normalized spacial score (nSPS) is 18.0. The maximum atomic E-state index is 12.4. The van der Waals surface area contributed by atoms with Crippen LogP contribution in [0.25, 0.3) is 0 Å². The minimum Gasteiger partial charge on any atom is -0.338 e. The zero-order valence-corrected chi connectivity index (χ0v) is 14.1. The summed E-state index contributed by atoms with van der Waals surface area (Å²) in [6.45, 7) is 5.52. The number of fused-ring (bicyclic) bond motifs is 1. The zero-order valence-electron chi connectivity index (χ0n) is 14.1. The molecule has 2 aromatic rings. The van der Waals surface area contributed by atoms with Crippen molar-refractivity contribution in [3.8, 4) is 0 Å². The average molecular weight is 337 g/mol. The molecule has 25 heavy (non-hydrogen) atoms. The van der Waals surface area contributed by atoms with Crippen molar-refractivity contribution in [3.05, 3.63) is 47.8 Å². The molecule has 0 saturated carbocycles. The van der Waals surface area contributed by atoms with Crippen LogP contribution in [0.3, 0.4) is 0 Å². The van der Waals surface area contributed by atoms with Crippen molar-refractivity contribution in [2.45, 2.75) is 6.92 Å². The van der Waals surface area contributed by atoms with Gasteiger partial charge in [-0.1, -0.05) is 11.6 Å². The van der Waals surface area contributed by atoms with Crippen molar-refractivity contribution in [3.63, 3.8) is 0 Å². The van der Waals surface area contributed by atoms with Crippen LogP contribution in [0.4, 0.5) is 11.6 Å². The lowest BCUT2D eigenvalue weighted by Crippen LogP contribution is -2.51. The highest BCUT2D eigenvalue weighted by Crippen LogP contribution is 2.30. The number of rotatable bonds is 3. The van der Waals surface area contributed by atoms with Crippen molar-refractivity contribution < 1.29 is 9.59 Å². The van der Waals surface area contributed by atoms with E-state index in [2.05, 4.69) is 19.8 Å². The quantitative estimate of drug-likeness (QED) is 0.781. The highest BCUT2D eigenvalue weighted by Gasteiger charge is 2.37. The zero-order chi connectivity index (χ0) is 17.4. The molecule has 3 heterocycles. The van der Waals surface area contributed by atoms with Gasteiger partial charge in [0.05, 0.1) is 17.9 Å². The molecule has 7 nitrogen and oxygen atoms in total. The number of aryl methyl sites for hydroxylation is 1. The van der Waals surface area contributed by atoms with Gasteiger partial charge in [0.25, 0.3) is 5.78 Å². The van der Waals surface area contributed by atoms with Gasteiger partial charge >= 0.3 is 5.91 Å². The Bertz CT molecular complexity index is 815. The van der Waals surface area contributed by atoms with Gasteiger partial charge in [-0.25, -0.2) is 9.97 Å². The predicted molar refractivity (Wildman–Crippen MR) is 93.7 cm³/mol. The molecule has 0 radical (unpaired) electrons. The fraction of sp³-hybridized carbons (Fsp3) is 0.333. The molecule has 128 valence electrons. The van der Waals surface area contributed by atoms with E-state index in [1.807, 2.05) is 19.1 Å². The highest BCUT2D eigenvalue weighted by molar-refractivity contribution is 6.52. The maximum absolute atomic E-state index is 12.4. The Hall–Kier alpha value is -2.80. The SMILES string of the molecule is Cc1ccc2c(c1)C(=O)C(=O)N2CN1CCN(c2ncccn2)CC1. The Morgan fingerprint density at radius 2 is 1.76 bits per heavy atom. The lowest BCUT2D eigenvalue weighted by molar-refractivity contribution is -0.114. The summed E-state index contributed by atoms with van der Waals surface area (Å²) in [4.78, 5) is 39.0. The largest absolute Gasteiger partial charge is 0.338 e. The molecule has 1 aromatic heterocycles. The van der Waals surface area contributed by atoms with E-state index < -0.39 is 11.7 Å². The van der Waals surface area contributed by atoms with E-state index >= 15 is 0 Å². The average Bonchev–Trinajstić information content (AvgIpc) is 2.88. The summed E-state index contributed by atoms with van der Waals surface area (Å²) in [5, 5.41) is 0. The van der Waals surface area contributed by atoms with Crippen LogP contribution in [0.1, 0.15) is 15.9 Å². The third-order valence-corrected chi connectivity index (χ3v) is 4.68. The summed E-state index contributed by atoms with van der Waals surface area (Å²) in [7, 11) is 0. The molecule has 1 fully saturated rings. The van der Waals surface area contributed by atoms with Gasteiger partial charge in [-0.05, 0) is 25.1 Å². The molecule has 2 aliphatic rings. The van der Waals surface area contributed by atoms with Crippen LogP contribution in [0.5, 0.6) is 0 Å². The van der Waals surface area contributed by atoms with Gasteiger partial charge < -0.3 is 4.90 Å². The first kappa shape index (κ1) is 15.7. The molecule has 2 aliphatic heterocycles. The lowest BCUT2D eigenvalue weighted by Gasteiger charge is -2.36. The summed E-state index contributed by atoms with van der Waals surface area (Å²) >= 11 is 0. The number of ketones is 1. The molecule has 0 spiro atoms. The van der Waals surface area contributed by atoms with Crippen molar-refractivity contribution in [2.24, 2.45) is 0 Å². The first-order valence-electron chi connectivity index (χ1n) is 8.34. The number of hydrogen-bond donors (Lipinski definition) is 0. The second kappa shape index (κ2) is 6.25. The Morgan fingerprint density at radius 1 is 1.04 bits per heavy atom. The van der Waals surface area contributed by atoms with Crippen molar-refractivity contribution in [2.75, 3.05) is 42.6 Å². The number of nitrogens with zero attached hydrogens (tertiary/aromatic N) is 5. The molecule has 0 aliphatic carbocycles. The summed E-state index contributed by atoms with van der Waals surface area (Å²) in [5.74, 6) is -0.111. The van der Waals surface area contributed by atoms with Gasteiger partial charge in [-0.3, -0.25) is 19.4 Å². The second-order valence-electron chi connectivity index (χ2n) is 6.38. The monoisotopic (exact) mass is 337 g/mol. The van der Waals surface area contributed by atoms with Gasteiger partial charge in [0, 0.05) is 38.6 Å². The fourth-order valence-electron chi connectivity index (χ4n) is 3.30. The van der Waals surface area contributed by atoms with Gasteiger partial charge in [-0.2, -0.15) is 0 Å². The van der Waals surface area contributed by atoms with Crippen molar-refractivity contribution >= 4 is 23.3 Å². The summed E-state index contributed by atoms with van der Waals surface area (Å²) in [5.41, 5.74) is 2.22. The lowest BCUT2D eigenvalue weighted by atomic mass is 10.1. The minimum absolute atomic E-state index is 0.407. The molecule has 1 saturated heterocycles. The van der Waals surface area contributed by atoms with E-state index in [0.717, 1.165) is 43.4 Å². The van der Waals surface area contributed by atoms with Gasteiger partial charge in [0.1, 0.15) is 0 Å². The first-order chi connectivity index (χ1) is 12.1. The summed E-state index contributed by atoms with van der Waals surface area (Å²) in [6.07, 6.45) is 3.48.